The Morgan fingerprint density at radius 2 is 1.82 bits per heavy atom. The standard InChI is InChI=1S/C28H38F3NO6/c1-18(36-16-27-10-6-21(7-11-27)37-17-27)14-24(33)32-12-8-19(9-13-32)20-4-5-23(22(15-20)28(29,30)31)38-26(2,3)25(34)35/h4-5,15,18-19,21H,6-14,16-17H2,1-3H3,(H,34,35). The quantitative estimate of drug-likeness (QED) is 0.450. The minimum Gasteiger partial charge on any atom is -0.478 e. The van der Waals surface area contributed by atoms with E-state index in [2.05, 4.69) is 0 Å². The molecule has 0 aromatic heterocycles. The average Bonchev–Trinajstić information content (AvgIpc) is 2.88. The van der Waals surface area contributed by atoms with E-state index in [9.17, 15) is 27.9 Å². The van der Waals surface area contributed by atoms with Gasteiger partial charge in [-0.3, -0.25) is 4.79 Å². The van der Waals surface area contributed by atoms with Gasteiger partial charge in [-0.1, -0.05) is 6.07 Å². The number of alkyl halides is 3. The van der Waals surface area contributed by atoms with E-state index in [1.54, 1.807) is 11.0 Å². The molecule has 7 nitrogen and oxygen atoms in total. The first-order valence-electron chi connectivity index (χ1n) is 13.4. The van der Waals surface area contributed by atoms with Crippen LogP contribution in [0.1, 0.15) is 82.8 Å². The lowest BCUT2D eigenvalue weighted by Gasteiger charge is -2.46. The Balaban J connectivity index is 1.31. The fourth-order valence-corrected chi connectivity index (χ4v) is 5.64. The summed E-state index contributed by atoms with van der Waals surface area (Å²) >= 11 is 0. The van der Waals surface area contributed by atoms with E-state index in [1.807, 2.05) is 6.92 Å². The van der Waals surface area contributed by atoms with Crippen LogP contribution >= 0.6 is 0 Å². The smallest absolute Gasteiger partial charge is 0.419 e. The molecular weight excluding hydrogens is 503 g/mol. The number of halogens is 3. The Kier molecular flexibility index (Phi) is 8.33. The second-order valence-corrected chi connectivity index (χ2v) is 11.7. The molecule has 5 rings (SSSR count). The van der Waals surface area contributed by atoms with Gasteiger partial charge in [-0.2, -0.15) is 13.2 Å². The summed E-state index contributed by atoms with van der Waals surface area (Å²) in [7, 11) is 0. The maximum atomic E-state index is 13.8. The molecule has 2 bridgehead atoms. The fourth-order valence-electron chi connectivity index (χ4n) is 5.64. The maximum Gasteiger partial charge on any atom is 0.419 e. The highest BCUT2D eigenvalue weighted by Gasteiger charge is 2.42. The third kappa shape index (κ3) is 6.62. The molecule has 4 aliphatic rings. The number of hydrogen-bond donors (Lipinski definition) is 1. The molecule has 1 aliphatic carbocycles. The number of carboxylic acids is 1. The summed E-state index contributed by atoms with van der Waals surface area (Å²) in [4.78, 5) is 26.0. The van der Waals surface area contributed by atoms with Crippen molar-refractivity contribution < 1.29 is 42.1 Å². The molecule has 38 heavy (non-hydrogen) atoms. The largest absolute Gasteiger partial charge is 0.478 e. The summed E-state index contributed by atoms with van der Waals surface area (Å²) < 4.78 is 58.5. The van der Waals surface area contributed by atoms with Gasteiger partial charge in [-0.15, -0.1) is 0 Å². The number of amides is 1. The highest BCUT2D eigenvalue weighted by atomic mass is 19.4. The van der Waals surface area contributed by atoms with Crippen molar-refractivity contribution in [3.05, 3.63) is 29.3 Å². The van der Waals surface area contributed by atoms with Gasteiger partial charge in [-0.05, 0) is 82.9 Å². The number of carbonyl (C=O) groups excluding carboxylic acids is 1. The van der Waals surface area contributed by atoms with Crippen molar-refractivity contribution in [3.63, 3.8) is 0 Å². The van der Waals surface area contributed by atoms with Crippen LogP contribution in [0, 0.1) is 5.41 Å². The number of nitrogens with zero attached hydrogens (tertiary/aromatic N) is 1. The molecule has 1 saturated carbocycles. The summed E-state index contributed by atoms with van der Waals surface area (Å²) in [5.41, 5.74) is -2.23. The van der Waals surface area contributed by atoms with Crippen molar-refractivity contribution in [2.45, 2.75) is 95.6 Å². The zero-order valence-electron chi connectivity index (χ0n) is 22.3. The van der Waals surface area contributed by atoms with Crippen LogP contribution in [0.3, 0.4) is 0 Å². The van der Waals surface area contributed by atoms with Crippen LogP contribution in [-0.2, 0) is 25.2 Å². The van der Waals surface area contributed by atoms with Gasteiger partial charge in [-0.25, -0.2) is 4.79 Å². The Labute approximate surface area is 221 Å². The second-order valence-electron chi connectivity index (χ2n) is 11.7. The minimum absolute atomic E-state index is 0.00678. The van der Waals surface area contributed by atoms with Crippen LogP contribution in [0.25, 0.3) is 0 Å². The highest BCUT2D eigenvalue weighted by molar-refractivity contribution is 5.77. The molecular formula is C28H38F3NO6. The molecule has 3 heterocycles. The molecule has 1 amide bonds. The first-order valence-corrected chi connectivity index (χ1v) is 13.4. The number of rotatable bonds is 9. The van der Waals surface area contributed by atoms with Crippen molar-refractivity contribution in [1.29, 1.82) is 0 Å². The van der Waals surface area contributed by atoms with Gasteiger partial charge in [0, 0.05) is 18.5 Å². The number of aliphatic carboxylic acids is 1. The number of piperidine rings is 1. The monoisotopic (exact) mass is 541 g/mol. The summed E-state index contributed by atoms with van der Waals surface area (Å²) in [6.07, 6.45) is 1.20. The van der Waals surface area contributed by atoms with Crippen LogP contribution in [0.5, 0.6) is 5.75 Å². The van der Waals surface area contributed by atoms with Crippen molar-refractivity contribution >= 4 is 11.9 Å². The second kappa shape index (κ2) is 11.0. The highest BCUT2D eigenvalue weighted by Crippen LogP contribution is 2.44. The van der Waals surface area contributed by atoms with E-state index in [1.165, 1.54) is 19.9 Å². The van der Waals surface area contributed by atoms with Crippen LogP contribution in [0.2, 0.25) is 0 Å². The number of carboxylic acid groups (broad SMARTS) is 1. The topological polar surface area (TPSA) is 85.3 Å². The Hall–Kier alpha value is -2.33. The minimum atomic E-state index is -4.70. The van der Waals surface area contributed by atoms with Crippen LogP contribution in [-0.4, -0.2) is 66.0 Å². The van der Waals surface area contributed by atoms with Crippen molar-refractivity contribution in [2.75, 3.05) is 26.3 Å². The first-order chi connectivity index (χ1) is 17.8. The van der Waals surface area contributed by atoms with Crippen LogP contribution in [0.15, 0.2) is 18.2 Å². The predicted octanol–water partition coefficient (Wildman–Crippen LogP) is 5.41. The van der Waals surface area contributed by atoms with Gasteiger partial charge in [0.15, 0.2) is 5.60 Å². The lowest BCUT2D eigenvalue weighted by molar-refractivity contribution is -0.155. The maximum absolute atomic E-state index is 13.8. The van der Waals surface area contributed by atoms with E-state index >= 15 is 0 Å². The Morgan fingerprint density at radius 1 is 1.16 bits per heavy atom. The SMILES string of the molecule is CC(CC(=O)N1CCC(c2ccc(OC(C)(C)C(=O)O)c(C(F)(F)F)c2)CC1)OCC12CCC(CC1)OC2. The van der Waals surface area contributed by atoms with Gasteiger partial charge in [0.2, 0.25) is 5.91 Å². The molecule has 1 aromatic carbocycles. The summed E-state index contributed by atoms with van der Waals surface area (Å²) in [6.45, 7) is 6.56. The molecule has 1 N–H and O–H groups in total. The molecule has 1 atom stereocenters. The number of likely N-dealkylation sites (tertiary alicyclic amines) is 1. The zero-order chi connectivity index (χ0) is 27.7. The summed E-state index contributed by atoms with van der Waals surface area (Å²) in [6, 6.07) is 3.80. The number of carbonyl (C=O) groups is 2. The molecule has 10 heteroatoms. The fraction of sp³-hybridized carbons (Fsp3) is 0.714. The number of benzene rings is 1. The lowest BCUT2D eigenvalue weighted by Crippen LogP contribution is -2.46. The van der Waals surface area contributed by atoms with Gasteiger partial charge in [0.1, 0.15) is 5.75 Å². The third-order valence-corrected chi connectivity index (χ3v) is 8.26. The normalized spacial score (nSPS) is 25.3. The van der Waals surface area contributed by atoms with Gasteiger partial charge < -0.3 is 24.2 Å². The lowest BCUT2D eigenvalue weighted by atomic mass is 9.72. The molecule has 3 aliphatic heterocycles. The van der Waals surface area contributed by atoms with E-state index < -0.39 is 29.1 Å². The third-order valence-electron chi connectivity index (χ3n) is 8.26. The molecule has 1 aromatic rings. The Bertz CT molecular complexity index is 997. The first kappa shape index (κ1) is 28.7. The molecule has 212 valence electrons. The Morgan fingerprint density at radius 3 is 2.37 bits per heavy atom. The summed E-state index contributed by atoms with van der Waals surface area (Å²) in [5.74, 6) is -2.02. The predicted molar refractivity (Wildman–Crippen MR) is 133 cm³/mol. The molecule has 0 radical (unpaired) electrons. The summed E-state index contributed by atoms with van der Waals surface area (Å²) in [5, 5.41) is 9.24. The van der Waals surface area contributed by atoms with Crippen LogP contribution < -0.4 is 4.74 Å². The van der Waals surface area contributed by atoms with E-state index in [0.717, 1.165) is 38.4 Å². The molecule has 4 fully saturated rings. The van der Waals surface area contributed by atoms with E-state index in [0.29, 0.717) is 44.2 Å². The molecule has 3 saturated heterocycles. The van der Waals surface area contributed by atoms with E-state index in [-0.39, 0.29) is 29.8 Å². The molecule has 0 spiro atoms. The average molecular weight is 542 g/mol. The van der Waals surface area contributed by atoms with Gasteiger partial charge in [0.05, 0.1) is 37.4 Å². The van der Waals surface area contributed by atoms with Crippen molar-refractivity contribution in [2.24, 2.45) is 5.41 Å². The van der Waals surface area contributed by atoms with Crippen molar-refractivity contribution in [1.82, 2.24) is 4.90 Å². The zero-order valence-corrected chi connectivity index (χ0v) is 22.3. The van der Waals surface area contributed by atoms with Gasteiger partial charge >= 0.3 is 12.1 Å². The molecule has 1 unspecified atom stereocenters. The van der Waals surface area contributed by atoms with Crippen molar-refractivity contribution in [3.8, 4) is 5.75 Å². The van der Waals surface area contributed by atoms with E-state index in [4.69, 9.17) is 14.2 Å². The van der Waals surface area contributed by atoms with Gasteiger partial charge in [0.25, 0.3) is 0 Å². The van der Waals surface area contributed by atoms with Crippen LogP contribution in [0.4, 0.5) is 13.2 Å². The number of hydrogen-bond acceptors (Lipinski definition) is 5. The number of fused-ring (bicyclic) bond motifs is 3. The number of ether oxygens (including phenoxy) is 3.